The summed E-state index contributed by atoms with van der Waals surface area (Å²) in [5.74, 6) is 1.19. The summed E-state index contributed by atoms with van der Waals surface area (Å²) in [6.07, 6.45) is 5.28. The van der Waals surface area contributed by atoms with E-state index < -0.39 is 0 Å². The number of hydrogen-bond donors (Lipinski definition) is 1. The topological polar surface area (TPSA) is 48.1 Å². The summed E-state index contributed by atoms with van der Waals surface area (Å²) in [5.41, 5.74) is 10.2. The van der Waals surface area contributed by atoms with Crippen LogP contribution in [-0.2, 0) is 6.42 Å². The Morgan fingerprint density at radius 3 is 3.10 bits per heavy atom. The minimum absolute atomic E-state index is 0.0284. The Labute approximate surface area is 126 Å². The number of aryl methyl sites for hydroxylation is 1. The molecule has 0 spiro atoms. The van der Waals surface area contributed by atoms with E-state index in [2.05, 4.69) is 23.2 Å². The molecule has 0 saturated carbocycles. The Bertz CT molecular complexity index is 612. The first kappa shape index (κ1) is 14.1. The molecule has 1 aromatic heterocycles. The number of pyridine rings is 1. The number of fused-ring (bicyclic) bond motifs is 1. The highest BCUT2D eigenvalue weighted by Gasteiger charge is 2.27. The van der Waals surface area contributed by atoms with Crippen molar-refractivity contribution in [2.75, 3.05) is 6.61 Å². The molecule has 0 saturated heterocycles. The van der Waals surface area contributed by atoms with Crippen molar-refractivity contribution in [3.8, 4) is 5.75 Å². The van der Waals surface area contributed by atoms with Gasteiger partial charge in [-0.2, -0.15) is 0 Å². The van der Waals surface area contributed by atoms with E-state index in [1.807, 2.05) is 31.3 Å². The highest BCUT2D eigenvalue weighted by atomic mass is 16.5. The number of rotatable bonds is 4. The third-order valence-electron chi connectivity index (χ3n) is 4.23. The van der Waals surface area contributed by atoms with Gasteiger partial charge < -0.3 is 10.5 Å². The van der Waals surface area contributed by atoms with Crippen LogP contribution in [0.4, 0.5) is 0 Å². The van der Waals surface area contributed by atoms with E-state index in [0.717, 1.165) is 24.2 Å². The molecule has 3 heteroatoms. The molecule has 21 heavy (non-hydrogen) atoms. The predicted molar refractivity (Wildman–Crippen MR) is 84.5 cm³/mol. The van der Waals surface area contributed by atoms with Gasteiger partial charge in [0.2, 0.25) is 0 Å². The second-order valence-corrected chi connectivity index (χ2v) is 5.58. The summed E-state index contributed by atoms with van der Waals surface area (Å²) in [4.78, 5) is 4.59. The lowest BCUT2D eigenvalue weighted by atomic mass is 9.80. The fraction of sp³-hybridized carbons (Fsp3) is 0.389. The van der Waals surface area contributed by atoms with Crippen LogP contribution in [0.3, 0.4) is 0 Å². The van der Waals surface area contributed by atoms with Gasteiger partial charge in [-0.05, 0) is 55.5 Å². The van der Waals surface area contributed by atoms with Gasteiger partial charge in [-0.3, -0.25) is 4.98 Å². The Morgan fingerprint density at radius 2 is 2.24 bits per heavy atom. The molecule has 0 radical (unpaired) electrons. The Balaban J connectivity index is 1.89. The van der Waals surface area contributed by atoms with Crippen LogP contribution < -0.4 is 10.5 Å². The predicted octanol–water partition coefficient (Wildman–Crippen LogP) is 3.60. The average Bonchev–Trinajstić information content (AvgIpc) is 2.54. The number of nitrogens with zero attached hydrogens (tertiary/aromatic N) is 1. The fourth-order valence-electron chi connectivity index (χ4n) is 3.21. The lowest BCUT2D eigenvalue weighted by molar-refractivity contribution is 0.339. The number of benzene rings is 1. The van der Waals surface area contributed by atoms with Crippen molar-refractivity contribution in [3.63, 3.8) is 0 Å². The normalized spacial score (nSPS) is 18.9. The molecular weight excluding hydrogens is 260 g/mol. The van der Waals surface area contributed by atoms with E-state index >= 15 is 0 Å². The molecule has 2 N–H and O–H groups in total. The van der Waals surface area contributed by atoms with E-state index in [4.69, 9.17) is 10.5 Å². The molecule has 0 fully saturated rings. The molecule has 2 unspecified atom stereocenters. The summed E-state index contributed by atoms with van der Waals surface area (Å²) >= 11 is 0. The van der Waals surface area contributed by atoms with Gasteiger partial charge in [-0.25, -0.2) is 0 Å². The lowest BCUT2D eigenvalue weighted by Gasteiger charge is -2.29. The smallest absolute Gasteiger partial charge is 0.119 e. The zero-order chi connectivity index (χ0) is 14.7. The van der Waals surface area contributed by atoms with Crippen LogP contribution >= 0.6 is 0 Å². The summed E-state index contributed by atoms with van der Waals surface area (Å²) in [6, 6.07) is 12.3. The first-order chi connectivity index (χ1) is 10.3. The highest BCUT2D eigenvalue weighted by Crippen LogP contribution is 2.38. The van der Waals surface area contributed by atoms with Crippen LogP contribution in [0.25, 0.3) is 0 Å². The van der Waals surface area contributed by atoms with Crippen molar-refractivity contribution in [2.45, 2.75) is 38.1 Å². The SMILES string of the molecule is CCOc1cccc(C(N)C2CCCc3cccnc32)c1. The molecule has 1 heterocycles. The number of ether oxygens (including phenoxy) is 1. The zero-order valence-corrected chi connectivity index (χ0v) is 12.5. The monoisotopic (exact) mass is 282 g/mol. The molecule has 3 rings (SSSR count). The van der Waals surface area contributed by atoms with E-state index in [0.29, 0.717) is 12.5 Å². The Morgan fingerprint density at radius 1 is 1.33 bits per heavy atom. The van der Waals surface area contributed by atoms with Crippen LogP contribution in [0.5, 0.6) is 5.75 Å². The van der Waals surface area contributed by atoms with E-state index in [-0.39, 0.29) is 6.04 Å². The van der Waals surface area contributed by atoms with Gasteiger partial charge in [0.1, 0.15) is 5.75 Å². The molecular formula is C18H22N2O. The van der Waals surface area contributed by atoms with Crippen molar-refractivity contribution >= 4 is 0 Å². The van der Waals surface area contributed by atoms with Crippen LogP contribution in [0.2, 0.25) is 0 Å². The van der Waals surface area contributed by atoms with Gasteiger partial charge in [-0.1, -0.05) is 18.2 Å². The summed E-state index contributed by atoms with van der Waals surface area (Å²) in [6.45, 7) is 2.67. The molecule has 0 bridgehead atoms. The molecule has 1 aliphatic rings. The first-order valence-electron chi connectivity index (χ1n) is 7.71. The number of hydrogen-bond acceptors (Lipinski definition) is 3. The van der Waals surface area contributed by atoms with Gasteiger partial charge in [-0.15, -0.1) is 0 Å². The maximum Gasteiger partial charge on any atom is 0.119 e. The van der Waals surface area contributed by atoms with Crippen LogP contribution in [0, 0.1) is 0 Å². The molecule has 3 nitrogen and oxygen atoms in total. The minimum Gasteiger partial charge on any atom is -0.494 e. The molecule has 0 amide bonds. The third-order valence-corrected chi connectivity index (χ3v) is 4.23. The van der Waals surface area contributed by atoms with Crippen molar-refractivity contribution in [1.82, 2.24) is 4.98 Å². The van der Waals surface area contributed by atoms with E-state index in [9.17, 15) is 0 Å². The Hall–Kier alpha value is -1.87. The van der Waals surface area contributed by atoms with Crippen molar-refractivity contribution in [1.29, 1.82) is 0 Å². The Kier molecular flexibility index (Phi) is 4.20. The van der Waals surface area contributed by atoms with Crippen molar-refractivity contribution in [2.24, 2.45) is 5.73 Å². The zero-order valence-electron chi connectivity index (χ0n) is 12.5. The number of aromatic nitrogens is 1. The molecule has 2 atom stereocenters. The quantitative estimate of drug-likeness (QED) is 0.932. The second-order valence-electron chi connectivity index (χ2n) is 5.58. The maximum absolute atomic E-state index is 6.55. The molecule has 110 valence electrons. The number of nitrogens with two attached hydrogens (primary N) is 1. The van der Waals surface area contributed by atoms with Gasteiger partial charge in [0, 0.05) is 23.9 Å². The third kappa shape index (κ3) is 2.93. The van der Waals surface area contributed by atoms with Crippen LogP contribution in [-0.4, -0.2) is 11.6 Å². The average molecular weight is 282 g/mol. The molecule has 2 aromatic rings. The van der Waals surface area contributed by atoms with Crippen molar-refractivity contribution < 1.29 is 4.74 Å². The molecule has 0 aliphatic heterocycles. The summed E-state index contributed by atoms with van der Waals surface area (Å²) in [5, 5.41) is 0. The summed E-state index contributed by atoms with van der Waals surface area (Å²) < 4.78 is 5.58. The molecule has 1 aromatic carbocycles. The first-order valence-corrected chi connectivity index (χ1v) is 7.71. The van der Waals surface area contributed by atoms with Gasteiger partial charge in [0.05, 0.1) is 6.61 Å². The standard InChI is InChI=1S/C18H22N2O/c1-2-21-15-9-3-7-14(12-15)17(19)16-10-4-6-13-8-5-11-20-18(13)16/h3,5,7-9,11-12,16-17H,2,4,6,10,19H2,1H3. The van der Waals surface area contributed by atoms with E-state index in [1.54, 1.807) is 0 Å². The minimum atomic E-state index is -0.0284. The van der Waals surface area contributed by atoms with Gasteiger partial charge >= 0.3 is 0 Å². The van der Waals surface area contributed by atoms with Crippen molar-refractivity contribution in [3.05, 3.63) is 59.4 Å². The fourth-order valence-corrected chi connectivity index (χ4v) is 3.21. The lowest BCUT2D eigenvalue weighted by Crippen LogP contribution is -2.24. The largest absolute Gasteiger partial charge is 0.494 e. The van der Waals surface area contributed by atoms with Crippen LogP contribution in [0.1, 0.15) is 48.5 Å². The van der Waals surface area contributed by atoms with E-state index in [1.165, 1.54) is 17.7 Å². The highest BCUT2D eigenvalue weighted by molar-refractivity contribution is 5.35. The van der Waals surface area contributed by atoms with Crippen LogP contribution in [0.15, 0.2) is 42.6 Å². The molecule has 1 aliphatic carbocycles. The second kappa shape index (κ2) is 6.27. The van der Waals surface area contributed by atoms with Gasteiger partial charge in [0.25, 0.3) is 0 Å². The van der Waals surface area contributed by atoms with Gasteiger partial charge in [0.15, 0.2) is 0 Å². The summed E-state index contributed by atoms with van der Waals surface area (Å²) in [7, 11) is 0. The maximum atomic E-state index is 6.55.